The second-order valence-corrected chi connectivity index (χ2v) is 6.87. The number of nitrogens with one attached hydrogen (secondary N) is 1. The first-order chi connectivity index (χ1) is 10.4. The second kappa shape index (κ2) is 5.69. The van der Waals surface area contributed by atoms with Crippen LogP contribution in [0.5, 0.6) is 0 Å². The Morgan fingerprint density at radius 1 is 1.29 bits per heavy atom. The van der Waals surface area contributed by atoms with E-state index in [1.807, 2.05) is 0 Å². The number of aromatic nitrogens is 2. The summed E-state index contributed by atoms with van der Waals surface area (Å²) >= 11 is 0. The van der Waals surface area contributed by atoms with Crippen LogP contribution in [0.3, 0.4) is 0 Å². The molecule has 0 radical (unpaired) electrons. The third-order valence-electron chi connectivity index (χ3n) is 5.60. The van der Waals surface area contributed by atoms with E-state index < -0.39 is 0 Å². The molecule has 3 atom stereocenters. The molecule has 0 aromatic carbocycles. The molecule has 3 unspecified atom stereocenters. The van der Waals surface area contributed by atoms with Crippen LogP contribution < -0.4 is 5.32 Å². The Labute approximate surface area is 126 Å². The lowest BCUT2D eigenvalue weighted by Crippen LogP contribution is -2.45. The van der Waals surface area contributed by atoms with Crippen LogP contribution in [0.4, 0.5) is 0 Å². The van der Waals surface area contributed by atoms with Crippen molar-refractivity contribution < 1.29 is 4.52 Å². The minimum atomic E-state index is 0.341. The average Bonchev–Trinajstić information content (AvgIpc) is 2.92. The van der Waals surface area contributed by atoms with Crippen molar-refractivity contribution in [3.05, 3.63) is 11.7 Å². The molecule has 1 N–H and O–H groups in total. The highest BCUT2D eigenvalue weighted by atomic mass is 16.5. The van der Waals surface area contributed by atoms with Gasteiger partial charge >= 0.3 is 0 Å². The zero-order valence-electron chi connectivity index (χ0n) is 12.9. The van der Waals surface area contributed by atoms with Gasteiger partial charge in [-0.25, -0.2) is 0 Å². The summed E-state index contributed by atoms with van der Waals surface area (Å²) in [7, 11) is 0. The molecule has 1 saturated heterocycles. The molecule has 1 aliphatic heterocycles. The van der Waals surface area contributed by atoms with Crippen molar-refractivity contribution in [3.8, 4) is 0 Å². The van der Waals surface area contributed by atoms with E-state index in [9.17, 15) is 0 Å². The molecule has 2 heterocycles. The number of piperazine rings is 1. The van der Waals surface area contributed by atoms with Crippen LogP contribution >= 0.6 is 0 Å². The first kappa shape index (κ1) is 13.7. The summed E-state index contributed by atoms with van der Waals surface area (Å²) in [5.74, 6) is 4.14. The van der Waals surface area contributed by atoms with Gasteiger partial charge in [0, 0.05) is 32.1 Å². The van der Waals surface area contributed by atoms with Crippen molar-refractivity contribution in [1.29, 1.82) is 0 Å². The second-order valence-electron chi connectivity index (χ2n) is 6.87. The maximum Gasteiger partial charge on any atom is 0.230 e. The van der Waals surface area contributed by atoms with Gasteiger partial charge in [-0.1, -0.05) is 24.9 Å². The van der Waals surface area contributed by atoms with Crippen LogP contribution in [-0.2, 0) is 0 Å². The zero-order chi connectivity index (χ0) is 14.2. The summed E-state index contributed by atoms with van der Waals surface area (Å²) in [4.78, 5) is 7.33. The van der Waals surface area contributed by atoms with Crippen molar-refractivity contribution in [1.82, 2.24) is 20.4 Å². The molecular formula is C16H26N4O. The van der Waals surface area contributed by atoms with Crippen LogP contribution in [0.15, 0.2) is 4.52 Å². The SMILES string of the molecule is CCCC(c1noc(C2C3CCCC32)n1)N1CCNCC1. The lowest BCUT2D eigenvalue weighted by Gasteiger charge is -2.33. The monoisotopic (exact) mass is 290 g/mol. The average molecular weight is 290 g/mol. The Morgan fingerprint density at radius 3 is 2.76 bits per heavy atom. The van der Waals surface area contributed by atoms with Gasteiger partial charge in [0.15, 0.2) is 5.82 Å². The Kier molecular flexibility index (Phi) is 3.71. The zero-order valence-corrected chi connectivity index (χ0v) is 12.9. The molecule has 1 aromatic heterocycles. The third-order valence-corrected chi connectivity index (χ3v) is 5.60. The summed E-state index contributed by atoms with van der Waals surface area (Å²) in [6.07, 6.45) is 6.40. The van der Waals surface area contributed by atoms with Crippen molar-refractivity contribution in [2.24, 2.45) is 11.8 Å². The van der Waals surface area contributed by atoms with Gasteiger partial charge in [-0.3, -0.25) is 4.90 Å². The third kappa shape index (κ3) is 2.50. The van der Waals surface area contributed by atoms with Gasteiger partial charge in [-0.2, -0.15) is 4.98 Å². The first-order valence-electron chi connectivity index (χ1n) is 8.66. The number of hydrogen-bond donors (Lipinski definition) is 1. The van der Waals surface area contributed by atoms with Crippen LogP contribution in [-0.4, -0.2) is 41.2 Å². The molecule has 116 valence electrons. The van der Waals surface area contributed by atoms with Gasteiger partial charge in [-0.05, 0) is 31.1 Å². The Hall–Kier alpha value is -0.940. The van der Waals surface area contributed by atoms with Crippen LogP contribution in [0.25, 0.3) is 0 Å². The molecule has 2 saturated carbocycles. The van der Waals surface area contributed by atoms with E-state index in [0.29, 0.717) is 12.0 Å². The fourth-order valence-electron chi connectivity index (χ4n) is 4.45. The number of fused-ring (bicyclic) bond motifs is 1. The number of rotatable bonds is 5. The van der Waals surface area contributed by atoms with Gasteiger partial charge in [-0.15, -0.1) is 0 Å². The molecule has 3 fully saturated rings. The minimum Gasteiger partial charge on any atom is -0.339 e. The van der Waals surface area contributed by atoms with Gasteiger partial charge in [0.25, 0.3) is 0 Å². The smallest absolute Gasteiger partial charge is 0.230 e. The molecule has 5 nitrogen and oxygen atoms in total. The van der Waals surface area contributed by atoms with Gasteiger partial charge in [0.2, 0.25) is 5.89 Å². The van der Waals surface area contributed by atoms with E-state index >= 15 is 0 Å². The van der Waals surface area contributed by atoms with E-state index in [-0.39, 0.29) is 0 Å². The van der Waals surface area contributed by atoms with Gasteiger partial charge < -0.3 is 9.84 Å². The molecule has 5 heteroatoms. The van der Waals surface area contributed by atoms with E-state index in [0.717, 1.165) is 62.6 Å². The lowest BCUT2D eigenvalue weighted by atomic mass is 10.1. The van der Waals surface area contributed by atoms with Crippen molar-refractivity contribution in [3.63, 3.8) is 0 Å². The van der Waals surface area contributed by atoms with Crippen molar-refractivity contribution >= 4 is 0 Å². The minimum absolute atomic E-state index is 0.341. The highest BCUT2D eigenvalue weighted by Crippen LogP contribution is 2.62. The van der Waals surface area contributed by atoms with Crippen molar-refractivity contribution in [2.45, 2.75) is 51.0 Å². The predicted octanol–water partition coefficient (Wildman–Crippen LogP) is 2.33. The van der Waals surface area contributed by atoms with Crippen LogP contribution in [0.1, 0.15) is 62.7 Å². The highest BCUT2D eigenvalue weighted by molar-refractivity contribution is 5.16. The summed E-state index contributed by atoms with van der Waals surface area (Å²) in [5, 5.41) is 7.77. The van der Waals surface area contributed by atoms with Crippen LogP contribution in [0, 0.1) is 11.8 Å². The predicted molar refractivity (Wildman–Crippen MR) is 80.0 cm³/mol. The van der Waals surface area contributed by atoms with E-state index in [2.05, 4.69) is 22.3 Å². The molecule has 1 aromatic rings. The van der Waals surface area contributed by atoms with Gasteiger partial charge in [0.1, 0.15) is 0 Å². The highest BCUT2D eigenvalue weighted by Gasteiger charge is 2.56. The molecule has 3 aliphatic rings. The standard InChI is InChI=1S/C16H26N4O/c1-2-4-13(20-9-7-17-8-10-20)15-18-16(21-19-15)14-11-5-3-6-12(11)14/h11-14,17H,2-10H2,1H3. The quantitative estimate of drug-likeness (QED) is 0.902. The Balaban J connectivity index is 1.49. The Bertz CT molecular complexity index is 472. The van der Waals surface area contributed by atoms with Crippen molar-refractivity contribution in [2.75, 3.05) is 26.2 Å². The maximum atomic E-state index is 5.64. The molecule has 4 rings (SSSR count). The summed E-state index contributed by atoms with van der Waals surface area (Å²) in [5.41, 5.74) is 0. The fourth-order valence-corrected chi connectivity index (χ4v) is 4.45. The van der Waals surface area contributed by atoms with E-state index in [4.69, 9.17) is 9.51 Å². The summed E-state index contributed by atoms with van der Waals surface area (Å²) in [6, 6.07) is 0.341. The fraction of sp³-hybridized carbons (Fsp3) is 0.875. The van der Waals surface area contributed by atoms with E-state index in [1.54, 1.807) is 0 Å². The summed E-state index contributed by atoms with van der Waals surface area (Å²) < 4.78 is 5.64. The normalized spacial score (nSPS) is 33.9. The summed E-state index contributed by atoms with van der Waals surface area (Å²) in [6.45, 7) is 6.54. The molecular weight excluding hydrogens is 264 g/mol. The number of nitrogens with zero attached hydrogens (tertiary/aromatic N) is 3. The molecule has 21 heavy (non-hydrogen) atoms. The Morgan fingerprint density at radius 2 is 2.05 bits per heavy atom. The first-order valence-corrected chi connectivity index (χ1v) is 8.66. The lowest BCUT2D eigenvalue weighted by molar-refractivity contribution is 0.155. The maximum absolute atomic E-state index is 5.64. The molecule has 0 bridgehead atoms. The van der Waals surface area contributed by atoms with E-state index in [1.165, 1.54) is 19.3 Å². The molecule has 0 spiro atoms. The number of hydrogen-bond acceptors (Lipinski definition) is 5. The molecule has 0 amide bonds. The van der Waals surface area contributed by atoms with Gasteiger partial charge in [0.05, 0.1) is 6.04 Å². The molecule has 2 aliphatic carbocycles. The van der Waals surface area contributed by atoms with Crippen LogP contribution in [0.2, 0.25) is 0 Å². The topological polar surface area (TPSA) is 54.2 Å². The largest absolute Gasteiger partial charge is 0.339 e.